The van der Waals surface area contributed by atoms with E-state index in [1.165, 1.54) is 0 Å². The number of alkyl halides is 1. The standard InChI is InChI=1S/C14H18FNO2/c1-14(2)9-12(14)13(17)16-10-4-3-5-11(8-10)18-7-6-15/h3-5,8,12H,6-7,9H2,1-2H3,(H,16,17). The third-order valence-corrected chi connectivity index (χ3v) is 3.28. The molecule has 3 nitrogen and oxygen atoms in total. The Morgan fingerprint density at radius 2 is 2.28 bits per heavy atom. The third kappa shape index (κ3) is 3.00. The van der Waals surface area contributed by atoms with Crippen molar-refractivity contribution in [1.29, 1.82) is 0 Å². The van der Waals surface area contributed by atoms with Gasteiger partial charge in [-0.05, 0) is 24.0 Å². The van der Waals surface area contributed by atoms with Crippen LogP contribution in [0.15, 0.2) is 24.3 Å². The van der Waals surface area contributed by atoms with Gasteiger partial charge in [-0.15, -0.1) is 0 Å². The van der Waals surface area contributed by atoms with E-state index in [1.807, 2.05) is 0 Å². The maximum absolute atomic E-state index is 12.0. The Morgan fingerprint density at radius 3 is 2.89 bits per heavy atom. The highest BCUT2D eigenvalue weighted by Gasteiger charge is 2.50. The van der Waals surface area contributed by atoms with Crippen LogP contribution in [0.5, 0.6) is 5.75 Å². The van der Waals surface area contributed by atoms with Gasteiger partial charge in [0.05, 0.1) is 0 Å². The van der Waals surface area contributed by atoms with Crippen LogP contribution in [-0.2, 0) is 4.79 Å². The van der Waals surface area contributed by atoms with Crippen molar-refractivity contribution in [1.82, 2.24) is 0 Å². The number of carbonyl (C=O) groups excluding carboxylic acids is 1. The fourth-order valence-corrected chi connectivity index (χ4v) is 1.96. The minimum absolute atomic E-state index is 0.0348. The van der Waals surface area contributed by atoms with E-state index < -0.39 is 6.67 Å². The van der Waals surface area contributed by atoms with Crippen molar-refractivity contribution in [3.63, 3.8) is 0 Å². The Labute approximate surface area is 106 Å². The van der Waals surface area contributed by atoms with Crippen molar-refractivity contribution in [2.75, 3.05) is 18.6 Å². The van der Waals surface area contributed by atoms with Gasteiger partial charge in [0.25, 0.3) is 0 Å². The molecular weight excluding hydrogens is 233 g/mol. The molecule has 0 spiro atoms. The van der Waals surface area contributed by atoms with Crippen LogP contribution in [0.25, 0.3) is 0 Å². The van der Waals surface area contributed by atoms with E-state index in [2.05, 4.69) is 19.2 Å². The van der Waals surface area contributed by atoms with E-state index >= 15 is 0 Å². The maximum atomic E-state index is 12.0. The zero-order valence-corrected chi connectivity index (χ0v) is 10.7. The quantitative estimate of drug-likeness (QED) is 0.873. The highest BCUT2D eigenvalue weighted by molar-refractivity contribution is 5.95. The van der Waals surface area contributed by atoms with Gasteiger partial charge in [0.2, 0.25) is 5.91 Å². The molecule has 1 N–H and O–H groups in total. The van der Waals surface area contributed by atoms with Crippen LogP contribution in [0.1, 0.15) is 20.3 Å². The number of halogens is 1. The molecule has 2 rings (SSSR count). The van der Waals surface area contributed by atoms with Gasteiger partial charge in [0, 0.05) is 17.7 Å². The summed E-state index contributed by atoms with van der Waals surface area (Å²) >= 11 is 0. The number of nitrogens with one attached hydrogen (secondary N) is 1. The lowest BCUT2D eigenvalue weighted by molar-refractivity contribution is -0.117. The number of ether oxygens (including phenoxy) is 1. The molecule has 1 unspecified atom stereocenters. The summed E-state index contributed by atoms with van der Waals surface area (Å²) in [5, 5.41) is 2.86. The molecule has 18 heavy (non-hydrogen) atoms. The lowest BCUT2D eigenvalue weighted by Gasteiger charge is -2.09. The van der Waals surface area contributed by atoms with Gasteiger partial charge in [-0.2, -0.15) is 0 Å². The van der Waals surface area contributed by atoms with E-state index in [1.54, 1.807) is 24.3 Å². The molecule has 1 amide bonds. The van der Waals surface area contributed by atoms with Crippen LogP contribution in [0.2, 0.25) is 0 Å². The first-order chi connectivity index (χ1) is 8.53. The van der Waals surface area contributed by atoms with E-state index in [4.69, 9.17) is 4.74 Å². The SMILES string of the molecule is CC1(C)CC1C(=O)Nc1cccc(OCCF)c1. The molecular formula is C14H18FNO2. The molecule has 1 aromatic rings. The lowest BCUT2D eigenvalue weighted by Crippen LogP contribution is -2.16. The van der Waals surface area contributed by atoms with Gasteiger partial charge < -0.3 is 10.1 Å². The summed E-state index contributed by atoms with van der Waals surface area (Å²) in [5.74, 6) is 0.705. The highest BCUT2D eigenvalue weighted by Crippen LogP contribution is 2.52. The molecule has 1 aliphatic carbocycles. The van der Waals surface area contributed by atoms with Gasteiger partial charge in [-0.25, -0.2) is 4.39 Å². The van der Waals surface area contributed by atoms with Gasteiger partial charge in [0.15, 0.2) is 0 Å². The largest absolute Gasteiger partial charge is 0.491 e. The first-order valence-electron chi connectivity index (χ1n) is 6.12. The van der Waals surface area contributed by atoms with Crippen LogP contribution in [0.4, 0.5) is 10.1 Å². The molecule has 1 atom stereocenters. The van der Waals surface area contributed by atoms with Crippen LogP contribution in [0.3, 0.4) is 0 Å². The van der Waals surface area contributed by atoms with E-state index in [-0.39, 0.29) is 23.8 Å². The average molecular weight is 251 g/mol. The summed E-state index contributed by atoms with van der Waals surface area (Å²) < 4.78 is 17.2. The van der Waals surface area contributed by atoms with Crippen molar-refractivity contribution >= 4 is 11.6 Å². The molecule has 1 aliphatic rings. The average Bonchev–Trinajstić information content (AvgIpc) is 2.96. The molecule has 0 saturated heterocycles. The number of rotatable bonds is 5. The van der Waals surface area contributed by atoms with Crippen LogP contribution >= 0.6 is 0 Å². The second kappa shape index (κ2) is 4.96. The van der Waals surface area contributed by atoms with Crippen LogP contribution in [-0.4, -0.2) is 19.2 Å². The minimum atomic E-state index is -0.521. The number of carbonyl (C=O) groups is 1. The van der Waals surface area contributed by atoms with Crippen molar-refractivity contribution in [2.24, 2.45) is 11.3 Å². The van der Waals surface area contributed by atoms with E-state index in [0.717, 1.165) is 6.42 Å². The zero-order chi connectivity index (χ0) is 13.2. The zero-order valence-electron chi connectivity index (χ0n) is 10.7. The van der Waals surface area contributed by atoms with E-state index in [9.17, 15) is 9.18 Å². The van der Waals surface area contributed by atoms with Gasteiger partial charge in [-0.1, -0.05) is 19.9 Å². The first kappa shape index (κ1) is 12.9. The summed E-state index contributed by atoms with van der Waals surface area (Å²) in [5.41, 5.74) is 0.811. The Balaban J connectivity index is 1.95. The minimum Gasteiger partial charge on any atom is -0.491 e. The Hall–Kier alpha value is -1.58. The molecule has 0 aliphatic heterocycles. The Bertz CT molecular complexity index is 445. The monoisotopic (exact) mass is 251 g/mol. The maximum Gasteiger partial charge on any atom is 0.228 e. The molecule has 4 heteroatoms. The van der Waals surface area contributed by atoms with Crippen molar-refractivity contribution in [2.45, 2.75) is 20.3 Å². The molecule has 0 bridgehead atoms. The highest BCUT2D eigenvalue weighted by atomic mass is 19.1. The molecule has 0 aromatic heterocycles. The third-order valence-electron chi connectivity index (χ3n) is 3.28. The van der Waals surface area contributed by atoms with Gasteiger partial charge >= 0.3 is 0 Å². The van der Waals surface area contributed by atoms with Crippen LogP contribution in [0, 0.1) is 11.3 Å². The number of amides is 1. The number of benzene rings is 1. The smallest absolute Gasteiger partial charge is 0.228 e. The molecule has 1 fully saturated rings. The van der Waals surface area contributed by atoms with Crippen molar-refractivity contribution in [3.05, 3.63) is 24.3 Å². The molecule has 0 heterocycles. The van der Waals surface area contributed by atoms with Crippen molar-refractivity contribution in [3.8, 4) is 5.75 Å². The summed E-state index contributed by atoms with van der Waals surface area (Å²) in [4.78, 5) is 11.9. The normalized spacial score (nSPS) is 20.3. The Kier molecular flexibility index (Phi) is 3.55. The van der Waals surface area contributed by atoms with Gasteiger partial charge in [0.1, 0.15) is 19.0 Å². The number of hydrogen-bond acceptors (Lipinski definition) is 2. The summed E-state index contributed by atoms with van der Waals surface area (Å²) in [6.45, 7) is 3.68. The Morgan fingerprint density at radius 1 is 1.56 bits per heavy atom. The van der Waals surface area contributed by atoms with Gasteiger partial charge in [-0.3, -0.25) is 4.79 Å². The second-order valence-electron chi connectivity index (χ2n) is 5.30. The fraction of sp³-hybridized carbons (Fsp3) is 0.500. The first-order valence-corrected chi connectivity index (χ1v) is 6.12. The number of anilines is 1. The van der Waals surface area contributed by atoms with E-state index in [0.29, 0.717) is 11.4 Å². The topological polar surface area (TPSA) is 38.3 Å². The van der Waals surface area contributed by atoms with Crippen molar-refractivity contribution < 1.29 is 13.9 Å². The van der Waals surface area contributed by atoms with Crippen LogP contribution < -0.4 is 10.1 Å². The lowest BCUT2D eigenvalue weighted by atomic mass is 10.1. The predicted octanol–water partition coefficient (Wildman–Crippen LogP) is 3.02. The molecule has 98 valence electrons. The second-order valence-corrected chi connectivity index (χ2v) is 5.30. The molecule has 0 radical (unpaired) electrons. The summed E-state index contributed by atoms with van der Waals surface area (Å²) in [6, 6.07) is 7.03. The fourth-order valence-electron chi connectivity index (χ4n) is 1.96. The molecule has 1 saturated carbocycles. The summed E-state index contributed by atoms with van der Waals surface area (Å²) in [6.07, 6.45) is 0.927. The predicted molar refractivity (Wildman–Crippen MR) is 68.4 cm³/mol. The molecule has 1 aromatic carbocycles. The summed E-state index contributed by atoms with van der Waals surface area (Å²) in [7, 11) is 0. The number of hydrogen-bond donors (Lipinski definition) is 1.